The average molecular weight is 260 g/mol. The van der Waals surface area contributed by atoms with E-state index in [4.69, 9.17) is 17.3 Å². The molecule has 18 heavy (non-hydrogen) atoms. The molecule has 0 atom stereocenters. The van der Waals surface area contributed by atoms with E-state index in [0.717, 1.165) is 5.56 Å². The molecule has 2 heterocycles. The Bertz CT molecular complexity index is 692. The highest BCUT2D eigenvalue weighted by atomic mass is 35.5. The van der Waals surface area contributed by atoms with Gasteiger partial charge in [-0.05, 0) is 17.2 Å². The summed E-state index contributed by atoms with van der Waals surface area (Å²) in [7, 11) is 0. The zero-order valence-corrected chi connectivity index (χ0v) is 10.2. The highest BCUT2D eigenvalue weighted by Gasteiger charge is 2.10. The Morgan fingerprint density at radius 1 is 1.17 bits per heavy atom. The molecular weight excluding hydrogens is 250 g/mol. The molecular formula is C12H10ClN5. The van der Waals surface area contributed by atoms with Gasteiger partial charge in [-0.3, -0.25) is 0 Å². The molecule has 0 fully saturated rings. The summed E-state index contributed by atoms with van der Waals surface area (Å²) in [5.74, 6) is 0.346. The standard InChI is InChI=1S/C12H10ClN5/c13-12-16-10(14)9-11(17-12)15-7-18(9)6-8-4-2-1-3-5-8/h1-5,7H,6H2,(H2,14,16,17). The number of anilines is 1. The molecule has 6 heteroatoms. The molecule has 2 aromatic heterocycles. The Kier molecular flexibility index (Phi) is 2.60. The molecule has 1 aromatic carbocycles. The molecule has 0 amide bonds. The number of imidazole rings is 1. The summed E-state index contributed by atoms with van der Waals surface area (Å²) < 4.78 is 1.91. The predicted molar refractivity (Wildman–Crippen MR) is 70.3 cm³/mol. The lowest BCUT2D eigenvalue weighted by Crippen LogP contribution is -2.02. The lowest BCUT2D eigenvalue weighted by Gasteiger charge is -2.05. The third-order valence-electron chi connectivity index (χ3n) is 2.67. The minimum absolute atomic E-state index is 0.116. The number of rotatable bonds is 2. The Hall–Kier alpha value is -2.14. The van der Waals surface area contributed by atoms with Gasteiger partial charge in [0.05, 0.1) is 6.33 Å². The van der Waals surface area contributed by atoms with Gasteiger partial charge in [-0.25, -0.2) is 4.98 Å². The van der Waals surface area contributed by atoms with E-state index < -0.39 is 0 Å². The van der Waals surface area contributed by atoms with Crippen molar-refractivity contribution in [1.29, 1.82) is 0 Å². The molecule has 2 N–H and O–H groups in total. The quantitative estimate of drug-likeness (QED) is 0.716. The van der Waals surface area contributed by atoms with Crippen LogP contribution in [0.4, 0.5) is 5.82 Å². The topological polar surface area (TPSA) is 69.6 Å². The van der Waals surface area contributed by atoms with Crippen LogP contribution in [0.1, 0.15) is 5.56 Å². The minimum Gasteiger partial charge on any atom is -0.382 e. The van der Waals surface area contributed by atoms with Gasteiger partial charge in [0.15, 0.2) is 11.5 Å². The van der Waals surface area contributed by atoms with Crippen molar-refractivity contribution >= 4 is 28.6 Å². The molecule has 0 aliphatic carbocycles. The maximum atomic E-state index is 5.86. The molecule has 0 aliphatic rings. The summed E-state index contributed by atoms with van der Waals surface area (Å²) in [6, 6.07) is 10.0. The lowest BCUT2D eigenvalue weighted by atomic mass is 10.2. The van der Waals surface area contributed by atoms with E-state index in [0.29, 0.717) is 23.5 Å². The minimum atomic E-state index is 0.116. The monoisotopic (exact) mass is 259 g/mol. The van der Waals surface area contributed by atoms with Crippen LogP contribution in [0.2, 0.25) is 5.28 Å². The van der Waals surface area contributed by atoms with Crippen molar-refractivity contribution in [2.24, 2.45) is 0 Å². The smallest absolute Gasteiger partial charge is 0.226 e. The van der Waals surface area contributed by atoms with Gasteiger partial charge >= 0.3 is 0 Å². The second-order valence-corrected chi connectivity index (χ2v) is 4.25. The van der Waals surface area contributed by atoms with Crippen LogP contribution >= 0.6 is 11.6 Å². The number of halogens is 1. The molecule has 0 aliphatic heterocycles. The van der Waals surface area contributed by atoms with Gasteiger partial charge in [0, 0.05) is 6.54 Å². The first-order chi connectivity index (χ1) is 8.74. The van der Waals surface area contributed by atoms with E-state index in [2.05, 4.69) is 15.0 Å². The van der Waals surface area contributed by atoms with Crippen LogP contribution in [0.15, 0.2) is 36.7 Å². The zero-order chi connectivity index (χ0) is 12.5. The number of hydrogen-bond acceptors (Lipinski definition) is 4. The van der Waals surface area contributed by atoms with Crippen LogP contribution in [0.5, 0.6) is 0 Å². The van der Waals surface area contributed by atoms with Gasteiger partial charge in [-0.15, -0.1) is 0 Å². The number of hydrogen-bond donors (Lipinski definition) is 1. The first kappa shape index (κ1) is 11.0. The van der Waals surface area contributed by atoms with Crippen LogP contribution < -0.4 is 5.73 Å². The van der Waals surface area contributed by atoms with Crippen LogP contribution in [0, 0.1) is 0 Å². The zero-order valence-electron chi connectivity index (χ0n) is 9.42. The Morgan fingerprint density at radius 2 is 1.94 bits per heavy atom. The molecule has 0 unspecified atom stereocenters. The molecule has 90 valence electrons. The lowest BCUT2D eigenvalue weighted by molar-refractivity contribution is 0.824. The molecule has 0 spiro atoms. The largest absolute Gasteiger partial charge is 0.382 e. The number of benzene rings is 1. The van der Waals surface area contributed by atoms with Crippen molar-refractivity contribution in [2.75, 3.05) is 5.73 Å². The third kappa shape index (κ3) is 1.89. The number of nitrogens with zero attached hydrogens (tertiary/aromatic N) is 4. The molecule has 3 rings (SSSR count). The van der Waals surface area contributed by atoms with Crippen molar-refractivity contribution in [3.05, 3.63) is 47.5 Å². The van der Waals surface area contributed by atoms with E-state index in [1.807, 2.05) is 34.9 Å². The van der Waals surface area contributed by atoms with Crippen molar-refractivity contribution < 1.29 is 0 Å². The fraction of sp³-hybridized carbons (Fsp3) is 0.0833. The van der Waals surface area contributed by atoms with Crippen LogP contribution in [0.3, 0.4) is 0 Å². The predicted octanol–water partition coefficient (Wildman–Crippen LogP) is 2.11. The van der Waals surface area contributed by atoms with Crippen molar-refractivity contribution in [2.45, 2.75) is 6.54 Å². The van der Waals surface area contributed by atoms with E-state index >= 15 is 0 Å². The summed E-state index contributed by atoms with van der Waals surface area (Å²) >= 11 is 5.74. The highest BCUT2D eigenvalue weighted by Crippen LogP contribution is 2.19. The van der Waals surface area contributed by atoms with Gasteiger partial charge in [0.2, 0.25) is 5.28 Å². The second kappa shape index (κ2) is 4.27. The Labute approximate surface area is 108 Å². The first-order valence-electron chi connectivity index (χ1n) is 5.42. The molecule has 3 aromatic rings. The van der Waals surface area contributed by atoms with Gasteiger partial charge in [0.1, 0.15) is 5.52 Å². The first-order valence-corrected chi connectivity index (χ1v) is 5.79. The number of fused-ring (bicyclic) bond motifs is 1. The van der Waals surface area contributed by atoms with Gasteiger partial charge in [-0.1, -0.05) is 30.3 Å². The van der Waals surface area contributed by atoms with Crippen molar-refractivity contribution in [3.63, 3.8) is 0 Å². The van der Waals surface area contributed by atoms with Crippen LogP contribution in [-0.4, -0.2) is 19.5 Å². The molecule has 0 radical (unpaired) electrons. The van der Waals surface area contributed by atoms with Gasteiger partial charge < -0.3 is 10.3 Å². The van der Waals surface area contributed by atoms with Crippen molar-refractivity contribution in [1.82, 2.24) is 19.5 Å². The van der Waals surface area contributed by atoms with E-state index in [1.165, 1.54) is 0 Å². The third-order valence-corrected chi connectivity index (χ3v) is 2.84. The molecule has 0 bridgehead atoms. The summed E-state index contributed by atoms with van der Waals surface area (Å²) in [5, 5.41) is 0.116. The number of nitrogens with two attached hydrogens (primary N) is 1. The van der Waals surface area contributed by atoms with E-state index in [9.17, 15) is 0 Å². The number of aromatic nitrogens is 4. The maximum Gasteiger partial charge on any atom is 0.226 e. The fourth-order valence-corrected chi connectivity index (χ4v) is 2.05. The van der Waals surface area contributed by atoms with Crippen molar-refractivity contribution in [3.8, 4) is 0 Å². The van der Waals surface area contributed by atoms with Crippen LogP contribution in [0.25, 0.3) is 11.2 Å². The second-order valence-electron chi connectivity index (χ2n) is 3.91. The van der Waals surface area contributed by atoms with E-state index in [-0.39, 0.29) is 5.28 Å². The maximum absolute atomic E-state index is 5.86. The fourth-order valence-electron chi connectivity index (χ4n) is 1.88. The molecule has 0 saturated carbocycles. The van der Waals surface area contributed by atoms with Gasteiger partial charge in [0.25, 0.3) is 0 Å². The summed E-state index contributed by atoms with van der Waals surface area (Å²) in [6.45, 7) is 0.673. The molecule has 0 saturated heterocycles. The van der Waals surface area contributed by atoms with E-state index in [1.54, 1.807) is 6.33 Å². The normalized spacial score (nSPS) is 10.9. The highest BCUT2D eigenvalue weighted by molar-refractivity contribution is 6.28. The van der Waals surface area contributed by atoms with Gasteiger partial charge in [-0.2, -0.15) is 9.97 Å². The summed E-state index contributed by atoms with van der Waals surface area (Å²) in [5.41, 5.74) is 8.25. The Balaban J connectivity index is 2.08. The average Bonchev–Trinajstić information content (AvgIpc) is 2.73. The summed E-state index contributed by atoms with van der Waals surface area (Å²) in [4.78, 5) is 12.2. The van der Waals surface area contributed by atoms with Crippen LogP contribution in [-0.2, 0) is 6.54 Å². The Morgan fingerprint density at radius 3 is 2.72 bits per heavy atom. The SMILES string of the molecule is Nc1nc(Cl)nc2ncn(Cc3ccccc3)c12. The summed E-state index contributed by atoms with van der Waals surface area (Å²) in [6.07, 6.45) is 1.69. The number of nitrogen functional groups attached to an aromatic ring is 1. The molecule has 5 nitrogen and oxygen atoms in total.